The van der Waals surface area contributed by atoms with E-state index in [0.717, 1.165) is 6.08 Å². The summed E-state index contributed by atoms with van der Waals surface area (Å²) in [6.45, 7) is 6.93. The fourth-order valence-electron chi connectivity index (χ4n) is 1.22. The molecule has 4 N–H and O–H groups in total. The Morgan fingerprint density at radius 3 is 2.25 bits per heavy atom. The number of hydrogen-bond acceptors (Lipinski definition) is 3. The van der Waals surface area contributed by atoms with E-state index in [2.05, 4.69) is 11.9 Å². The van der Waals surface area contributed by atoms with E-state index in [1.54, 1.807) is 0 Å². The molecule has 7 heteroatoms. The second-order valence-electron chi connectivity index (χ2n) is 3.96. The predicted molar refractivity (Wildman–Crippen MR) is 60.0 cm³/mol. The van der Waals surface area contributed by atoms with Crippen LogP contribution in [0.3, 0.4) is 0 Å². The van der Waals surface area contributed by atoms with E-state index in [4.69, 9.17) is 14.9 Å². The lowest BCUT2D eigenvalue weighted by Gasteiger charge is -2.22. The zero-order valence-electron chi connectivity index (χ0n) is 9.33. The highest BCUT2D eigenvalue weighted by atomic mass is 31.2. The molecule has 2 unspecified atom stereocenters. The van der Waals surface area contributed by atoms with E-state index in [1.807, 2.05) is 13.8 Å². The topological polar surface area (TPSA) is 107 Å². The lowest BCUT2D eigenvalue weighted by molar-refractivity contribution is -0.139. The monoisotopic (exact) mass is 251 g/mol. The van der Waals surface area contributed by atoms with Gasteiger partial charge in [0, 0.05) is 0 Å². The second kappa shape index (κ2) is 6.15. The van der Waals surface area contributed by atoms with E-state index in [9.17, 15) is 9.36 Å². The van der Waals surface area contributed by atoms with Gasteiger partial charge in [-0.25, -0.2) is 0 Å². The summed E-state index contributed by atoms with van der Waals surface area (Å²) in [7, 11) is -4.41. The molecule has 0 aromatic rings. The van der Waals surface area contributed by atoms with E-state index in [-0.39, 0.29) is 5.92 Å². The van der Waals surface area contributed by atoms with Crippen molar-refractivity contribution in [3.63, 3.8) is 0 Å². The lowest BCUT2D eigenvalue weighted by Crippen LogP contribution is -2.43. The Kier molecular flexibility index (Phi) is 5.89. The molecule has 0 fully saturated rings. The third-order valence-electron chi connectivity index (χ3n) is 1.96. The minimum atomic E-state index is -4.41. The highest BCUT2D eigenvalue weighted by Crippen LogP contribution is 2.40. The van der Waals surface area contributed by atoms with Gasteiger partial charge in [0.2, 0.25) is 0 Å². The molecule has 16 heavy (non-hydrogen) atoms. The van der Waals surface area contributed by atoms with Crippen LogP contribution >= 0.6 is 7.60 Å². The molecular formula is C9H18NO5P. The average Bonchev–Trinajstić information content (AvgIpc) is 2.08. The summed E-state index contributed by atoms with van der Waals surface area (Å²) >= 11 is 0. The number of nitrogens with one attached hydrogen (secondary N) is 1. The maximum Gasteiger partial charge on any atom is 0.346 e. The van der Waals surface area contributed by atoms with Gasteiger partial charge in [-0.3, -0.25) is 14.7 Å². The van der Waals surface area contributed by atoms with Crippen LogP contribution in [0.4, 0.5) is 0 Å². The van der Waals surface area contributed by atoms with Gasteiger partial charge in [0.1, 0.15) is 11.8 Å². The fraction of sp³-hybridized carbons (Fsp3) is 0.667. The number of carbonyl (C=O) groups is 1. The largest absolute Gasteiger partial charge is 0.480 e. The zero-order chi connectivity index (χ0) is 12.9. The Labute approximate surface area is 94.5 Å². The van der Waals surface area contributed by atoms with Gasteiger partial charge < -0.3 is 14.9 Å². The summed E-state index contributed by atoms with van der Waals surface area (Å²) in [5.41, 5.74) is 0. The van der Waals surface area contributed by atoms with Crippen molar-refractivity contribution in [2.75, 3.05) is 0 Å². The maximum atomic E-state index is 11.0. The first-order chi connectivity index (χ1) is 7.18. The van der Waals surface area contributed by atoms with Crippen molar-refractivity contribution < 1.29 is 24.3 Å². The predicted octanol–water partition coefficient (Wildman–Crippen LogP) is 0.765. The lowest BCUT2D eigenvalue weighted by atomic mass is 10.0. The molecule has 0 rings (SSSR count). The molecule has 0 radical (unpaired) electrons. The Morgan fingerprint density at radius 1 is 1.50 bits per heavy atom. The zero-order valence-corrected chi connectivity index (χ0v) is 10.2. The van der Waals surface area contributed by atoms with E-state index in [1.165, 1.54) is 0 Å². The van der Waals surface area contributed by atoms with Crippen LogP contribution in [0.15, 0.2) is 12.7 Å². The van der Waals surface area contributed by atoms with E-state index < -0.39 is 25.4 Å². The first-order valence-corrected chi connectivity index (χ1v) is 6.53. The standard InChI is InChI=1S/C9H18NO5P/c1-4-8(16(13,14)15)10-7(9(11)12)5-6(2)3/h4,6-8,10H,1,5H2,2-3H3,(H,11,12)(H2,13,14,15). The molecule has 94 valence electrons. The summed E-state index contributed by atoms with van der Waals surface area (Å²) in [4.78, 5) is 28.7. The Bertz CT molecular complexity index is 298. The van der Waals surface area contributed by atoms with E-state index in [0.29, 0.717) is 6.42 Å². The highest BCUT2D eigenvalue weighted by Gasteiger charge is 2.30. The normalized spacial score (nSPS) is 15.8. The smallest absolute Gasteiger partial charge is 0.346 e. The number of rotatable bonds is 7. The Morgan fingerprint density at radius 2 is 2.00 bits per heavy atom. The molecule has 0 aromatic heterocycles. The van der Waals surface area contributed by atoms with Gasteiger partial charge in [-0.1, -0.05) is 19.9 Å². The van der Waals surface area contributed by atoms with Crippen LogP contribution in [0.5, 0.6) is 0 Å². The summed E-state index contributed by atoms with van der Waals surface area (Å²) in [6.07, 6.45) is 1.32. The first kappa shape index (κ1) is 15.3. The molecule has 0 spiro atoms. The molecule has 0 bridgehead atoms. The van der Waals surface area contributed by atoms with Crippen molar-refractivity contribution in [2.24, 2.45) is 5.92 Å². The van der Waals surface area contributed by atoms with Crippen LogP contribution in [0, 0.1) is 5.92 Å². The van der Waals surface area contributed by atoms with Gasteiger partial charge in [-0.15, -0.1) is 6.58 Å². The average molecular weight is 251 g/mol. The molecule has 2 atom stereocenters. The van der Waals surface area contributed by atoms with Gasteiger partial charge in [0.05, 0.1) is 0 Å². The van der Waals surface area contributed by atoms with Crippen molar-refractivity contribution in [2.45, 2.75) is 32.1 Å². The van der Waals surface area contributed by atoms with Crippen molar-refractivity contribution in [1.29, 1.82) is 0 Å². The van der Waals surface area contributed by atoms with Crippen LogP contribution in [0.25, 0.3) is 0 Å². The van der Waals surface area contributed by atoms with Crippen molar-refractivity contribution in [3.05, 3.63) is 12.7 Å². The minimum Gasteiger partial charge on any atom is -0.480 e. The molecular weight excluding hydrogens is 233 g/mol. The minimum absolute atomic E-state index is 0.107. The molecule has 0 aromatic carbocycles. The van der Waals surface area contributed by atoms with Crippen LogP contribution in [-0.2, 0) is 9.36 Å². The number of carboxylic acids is 1. The number of aliphatic carboxylic acids is 1. The fourth-order valence-corrected chi connectivity index (χ4v) is 1.87. The Balaban J connectivity index is 4.66. The quantitative estimate of drug-likeness (QED) is 0.393. The van der Waals surface area contributed by atoms with Crippen molar-refractivity contribution in [3.8, 4) is 0 Å². The molecule has 0 aliphatic carbocycles. The molecule has 0 saturated heterocycles. The number of hydrogen-bond donors (Lipinski definition) is 4. The summed E-state index contributed by atoms with van der Waals surface area (Å²) in [6, 6.07) is -0.990. The van der Waals surface area contributed by atoms with Crippen LogP contribution in [0.1, 0.15) is 20.3 Å². The van der Waals surface area contributed by atoms with E-state index >= 15 is 0 Å². The van der Waals surface area contributed by atoms with Gasteiger partial charge in [-0.05, 0) is 12.3 Å². The molecule has 0 aliphatic heterocycles. The third-order valence-corrected chi connectivity index (χ3v) is 3.05. The van der Waals surface area contributed by atoms with Gasteiger partial charge in [0.25, 0.3) is 0 Å². The number of carboxylic acid groups (broad SMARTS) is 1. The molecule has 0 amide bonds. The summed E-state index contributed by atoms with van der Waals surface area (Å²) in [5, 5.41) is 11.3. The Hall–Kier alpha value is -0.680. The van der Waals surface area contributed by atoms with Crippen molar-refractivity contribution >= 4 is 13.6 Å². The first-order valence-electron chi connectivity index (χ1n) is 4.85. The summed E-state index contributed by atoms with van der Waals surface area (Å²) in [5.74, 6) is -2.35. The van der Waals surface area contributed by atoms with Crippen LogP contribution in [-0.4, -0.2) is 32.7 Å². The third kappa shape index (κ3) is 5.42. The van der Waals surface area contributed by atoms with Gasteiger partial charge in [0.15, 0.2) is 0 Å². The SMILES string of the molecule is C=CC(NC(CC(C)C)C(=O)O)P(=O)(O)O. The van der Waals surface area contributed by atoms with Crippen molar-refractivity contribution in [1.82, 2.24) is 5.32 Å². The summed E-state index contributed by atoms with van der Waals surface area (Å²) < 4.78 is 11.0. The molecule has 0 aliphatic rings. The van der Waals surface area contributed by atoms with Crippen LogP contribution in [0.2, 0.25) is 0 Å². The highest BCUT2D eigenvalue weighted by molar-refractivity contribution is 7.52. The molecule has 0 saturated carbocycles. The van der Waals surface area contributed by atoms with Gasteiger partial charge >= 0.3 is 13.6 Å². The maximum absolute atomic E-state index is 11.0. The van der Waals surface area contributed by atoms with Gasteiger partial charge in [-0.2, -0.15) is 0 Å². The second-order valence-corrected chi connectivity index (χ2v) is 5.69. The molecule has 6 nitrogen and oxygen atoms in total. The molecule has 0 heterocycles. The van der Waals surface area contributed by atoms with Crippen LogP contribution < -0.4 is 5.32 Å².